The molecule has 4 heteroatoms. The van der Waals surface area contributed by atoms with Crippen LogP contribution in [0.1, 0.15) is 11.1 Å². The first-order valence-corrected chi connectivity index (χ1v) is 7.81. The first kappa shape index (κ1) is 15.4. The van der Waals surface area contributed by atoms with E-state index in [1.807, 2.05) is 24.3 Å². The summed E-state index contributed by atoms with van der Waals surface area (Å²) in [6, 6.07) is 12.1. The summed E-state index contributed by atoms with van der Waals surface area (Å²) in [6.45, 7) is 4.21. The van der Waals surface area contributed by atoms with Gasteiger partial charge in [-0.1, -0.05) is 24.8 Å². The average Bonchev–Trinajstić information content (AvgIpc) is 2.47. The van der Waals surface area contributed by atoms with E-state index in [-0.39, 0.29) is 0 Å². The molecule has 0 saturated heterocycles. The highest BCUT2D eigenvalue weighted by atomic mass is 127. The van der Waals surface area contributed by atoms with Crippen LogP contribution in [0.5, 0.6) is 11.5 Å². The summed E-state index contributed by atoms with van der Waals surface area (Å²) in [5, 5.41) is 0. The highest BCUT2D eigenvalue weighted by molar-refractivity contribution is 14.1. The molecule has 0 atom stereocenters. The molecule has 0 bridgehead atoms. The zero-order chi connectivity index (χ0) is 14.7. The normalized spacial score (nSPS) is 10.2. The van der Waals surface area contributed by atoms with Crippen LogP contribution in [0.3, 0.4) is 0 Å². The standard InChI is InChI=1S/C16H14BrIO2/c1-10(12-6-4-5-7-13(12)18)11-8-14(19-2)16(17)15(9-11)20-3/h4-9H,1H2,2-3H3. The van der Waals surface area contributed by atoms with Crippen LogP contribution in [-0.4, -0.2) is 14.2 Å². The quantitative estimate of drug-likeness (QED) is 0.608. The molecule has 0 unspecified atom stereocenters. The maximum Gasteiger partial charge on any atom is 0.137 e. The maximum atomic E-state index is 5.37. The third-order valence-corrected chi connectivity index (χ3v) is 4.72. The summed E-state index contributed by atoms with van der Waals surface area (Å²) in [5.41, 5.74) is 3.03. The van der Waals surface area contributed by atoms with Crippen LogP contribution in [0.15, 0.2) is 47.4 Å². The molecule has 0 N–H and O–H groups in total. The van der Waals surface area contributed by atoms with E-state index in [1.54, 1.807) is 14.2 Å². The van der Waals surface area contributed by atoms with Crippen molar-refractivity contribution in [2.75, 3.05) is 14.2 Å². The molecule has 0 aliphatic carbocycles. The number of halogens is 2. The van der Waals surface area contributed by atoms with E-state index < -0.39 is 0 Å². The Kier molecular flexibility index (Phi) is 5.10. The molecular weight excluding hydrogens is 431 g/mol. The van der Waals surface area contributed by atoms with Gasteiger partial charge in [0.15, 0.2) is 0 Å². The predicted molar refractivity (Wildman–Crippen MR) is 94.5 cm³/mol. The number of hydrogen-bond acceptors (Lipinski definition) is 2. The van der Waals surface area contributed by atoms with Gasteiger partial charge in [-0.2, -0.15) is 0 Å². The van der Waals surface area contributed by atoms with Crippen LogP contribution in [0, 0.1) is 3.57 Å². The van der Waals surface area contributed by atoms with E-state index in [9.17, 15) is 0 Å². The SMILES string of the molecule is C=C(c1cc(OC)c(Br)c(OC)c1)c1ccccc1I. The third-order valence-electron chi connectivity index (χ3n) is 2.99. The van der Waals surface area contributed by atoms with Gasteiger partial charge >= 0.3 is 0 Å². The van der Waals surface area contributed by atoms with E-state index in [0.29, 0.717) is 0 Å². The Hall–Kier alpha value is -1.01. The molecule has 0 saturated carbocycles. The Morgan fingerprint density at radius 1 is 1.10 bits per heavy atom. The predicted octanol–water partition coefficient (Wildman–Crippen LogP) is 5.13. The molecule has 0 heterocycles. The molecule has 2 nitrogen and oxygen atoms in total. The molecule has 2 rings (SSSR count). The van der Waals surface area contributed by atoms with Crippen molar-refractivity contribution in [3.05, 3.63) is 62.1 Å². The molecule has 0 amide bonds. The fraction of sp³-hybridized carbons (Fsp3) is 0.125. The Morgan fingerprint density at radius 2 is 1.65 bits per heavy atom. The number of methoxy groups -OCH3 is 2. The van der Waals surface area contributed by atoms with Gasteiger partial charge in [-0.25, -0.2) is 0 Å². The summed E-state index contributed by atoms with van der Waals surface area (Å²) in [7, 11) is 3.27. The summed E-state index contributed by atoms with van der Waals surface area (Å²) >= 11 is 5.79. The van der Waals surface area contributed by atoms with E-state index in [4.69, 9.17) is 9.47 Å². The lowest BCUT2D eigenvalue weighted by atomic mass is 9.99. The minimum absolute atomic E-state index is 0.728. The first-order chi connectivity index (χ1) is 9.58. The molecule has 0 aliphatic rings. The maximum absolute atomic E-state index is 5.37. The zero-order valence-corrected chi connectivity index (χ0v) is 15.0. The second-order valence-electron chi connectivity index (χ2n) is 4.15. The number of hydrogen-bond donors (Lipinski definition) is 0. The Balaban J connectivity index is 2.53. The van der Waals surface area contributed by atoms with Crippen LogP contribution in [0.25, 0.3) is 5.57 Å². The van der Waals surface area contributed by atoms with Gasteiger partial charge in [0.2, 0.25) is 0 Å². The van der Waals surface area contributed by atoms with E-state index in [0.717, 1.165) is 36.2 Å². The Labute approximate surface area is 141 Å². The number of ether oxygens (including phenoxy) is 2. The molecule has 2 aromatic carbocycles. The van der Waals surface area contributed by atoms with Crippen molar-refractivity contribution in [3.63, 3.8) is 0 Å². The molecule has 104 valence electrons. The molecule has 0 aromatic heterocycles. The smallest absolute Gasteiger partial charge is 0.137 e. The lowest BCUT2D eigenvalue weighted by Gasteiger charge is -2.14. The lowest BCUT2D eigenvalue weighted by Crippen LogP contribution is -1.95. The Bertz CT molecular complexity index is 628. The molecular formula is C16H14BrIO2. The fourth-order valence-corrected chi connectivity index (χ4v) is 3.17. The second-order valence-corrected chi connectivity index (χ2v) is 6.11. The molecule has 20 heavy (non-hydrogen) atoms. The van der Waals surface area contributed by atoms with E-state index in [1.165, 1.54) is 0 Å². The first-order valence-electron chi connectivity index (χ1n) is 5.94. The molecule has 2 aromatic rings. The van der Waals surface area contributed by atoms with Gasteiger partial charge in [-0.3, -0.25) is 0 Å². The van der Waals surface area contributed by atoms with Crippen molar-refractivity contribution in [3.8, 4) is 11.5 Å². The van der Waals surface area contributed by atoms with Crippen LogP contribution in [-0.2, 0) is 0 Å². The van der Waals surface area contributed by atoms with E-state index >= 15 is 0 Å². The highest BCUT2D eigenvalue weighted by Gasteiger charge is 2.13. The lowest BCUT2D eigenvalue weighted by molar-refractivity contribution is 0.389. The van der Waals surface area contributed by atoms with Gasteiger partial charge in [0.1, 0.15) is 16.0 Å². The van der Waals surface area contributed by atoms with Crippen LogP contribution in [0.2, 0.25) is 0 Å². The second kappa shape index (κ2) is 6.63. The minimum atomic E-state index is 0.728. The monoisotopic (exact) mass is 444 g/mol. The molecule has 0 aliphatic heterocycles. The summed E-state index contributed by atoms with van der Waals surface area (Å²) < 4.78 is 12.7. The highest BCUT2D eigenvalue weighted by Crippen LogP contribution is 2.38. The number of benzene rings is 2. The summed E-state index contributed by atoms with van der Waals surface area (Å²) in [6.07, 6.45) is 0. The van der Waals surface area contributed by atoms with Crippen molar-refractivity contribution in [1.29, 1.82) is 0 Å². The van der Waals surface area contributed by atoms with Gasteiger partial charge in [0, 0.05) is 3.57 Å². The van der Waals surface area contributed by atoms with Gasteiger partial charge in [-0.05, 0) is 73.4 Å². The molecule has 0 fully saturated rings. The largest absolute Gasteiger partial charge is 0.495 e. The summed E-state index contributed by atoms with van der Waals surface area (Å²) in [4.78, 5) is 0. The van der Waals surface area contributed by atoms with E-state index in [2.05, 4.69) is 57.2 Å². The third kappa shape index (κ3) is 3.01. The molecule has 0 spiro atoms. The van der Waals surface area contributed by atoms with Crippen molar-refractivity contribution < 1.29 is 9.47 Å². The van der Waals surface area contributed by atoms with Crippen LogP contribution in [0.4, 0.5) is 0 Å². The van der Waals surface area contributed by atoms with Gasteiger partial charge in [0.25, 0.3) is 0 Å². The summed E-state index contributed by atoms with van der Waals surface area (Å²) in [5.74, 6) is 1.46. The van der Waals surface area contributed by atoms with Gasteiger partial charge in [0.05, 0.1) is 14.2 Å². The van der Waals surface area contributed by atoms with Crippen molar-refractivity contribution in [2.45, 2.75) is 0 Å². The molecule has 0 radical (unpaired) electrons. The van der Waals surface area contributed by atoms with Gasteiger partial charge < -0.3 is 9.47 Å². The van der Waals surface area contributed by atoms with Gasteiger partial charge in [-0.15, -0.1) is 0 Å². The van der Waals surface area contributed by atoms with Crippen LogP contribution < -0.4 is 9.47 Å². The number of rotatable bonds is 4. The Morgan fingerprint density at radius 3 is 2.15 bits per heavy atom. The van der Waals surface area contributed by atoms with Crippen molar-refractivity contribution >= 4 is 44.1 Å². The minimum Gasteiger partial charge on any atom is -0.495 e. The van der Waals surface area contributed by atoms with Crippen molar-refractivity contribution in [2.24, 2.45) is 0 Å². The fourth-order valence-electron chi connectivity index (χ4n) is 1.91. The average molecular weight is 445 g/mol. The van der Waals surface area contributed by atoms with Crippen LogP contribution >= 0.6 is 38.5 Å². The topological polar surface area (TPSA) is 18.5 Å². The van der Waals surface area contributed by atoms with Crippen molar-refractivity contribution in [1.82, 2.24) is 0 Å². The zero-order valence-electron chi connectivity index (χ0n) is 11.2.